The van der Waals surface area contributed by atoms with Crippen LogP contribution in [0.2, 0.25) is 0 Å². The van der Waals surface area contributed by atoms with E-state index >= 15 is 0 Å². The highest BCUT2D eigenvalue weighted by Crippen LogP contribution is 2.31. The van der Waals surface area contributed by atoms with Crippen LogP contribution in [0.3, 0.4) is 0 Å². The number of hydrogen-bond donors (Lipinski definition) is 1. The molecule has 1 aliphatic rings. The van der Waals surface area contributed by atoms with Crippen molar-refractivity contribution in [2.24, 2.45) is 0 Å². The summed E-state index contributed by atoms with van der Waals surface area (Å²) >= 11 is 0. The highest BCUT2D eigenvalue weighted by Gasteiger charge is 2.12. The largest absolute Gasteiger partial charge is 0.486 e. The van der Waals surface area contributed by atoms with Crippen LogP contribution in [0.4, 0.5) is 5.69 Å². The van der Waals surface area contributed by atoms with Crippen LogP contribution < -0.4 is 14.8 Å². The third-order valence-corrected chi connectivity index (χ3v) is 4.59. The maximum Gasteiger partial charge on any atom is 0.224 e. The Morgan fingerprint density at radius 1 is 1.07 bits per heavy atom. The van der Waals surface area contributed by atoms with Crippen molar-refractivity contribution in [3.05, 3.63) is 59.8 Å². The van der Waals surface area contributed by atoms with Gasteiger partial charge in [0.15, 0.2) is 11.5 Å². The number of nitrogens with zero attached hydrogens (tertiary/aromatic N) is 1. The standard InChI is InChI=1S/C22H22N2O3/c1-15-13-19(17-6-2-3-7-18(17)23-15)24-22(25)8-4-5-16-9-10-20-21(14-16)27-12-11-26-20/h2-3,6-7,9-10,13-14H,4-5,8,11-12H2,1H3,(H,23,24,25). The van der Waals surface area contributed by atoms with Crippen molar-refractivity contribution in [3.8, 4) is 11.5 Å². The van der Waals surface area contributed by atoms with Crippen LogP contribution in [-0.4, -0.2) is 24.1 Å². The number of carbonyl (C=O) groups is 1. The predicted octanol–water partition coefficient (Wildman–Crippen LogP) is 4.28. The fourth-order valence-corrected chi connectivity index (χ4v) is 3.32. The van der Waals surface area contributed by atoms with E-state index in [1.54, 1.807) is 0 Å². The van der Waals surface area contributed by atoms with Gasteiger partial charge in [0, 0.05) is 17.5 Å². The lowest BCUT2D eigenvalue weighted by Gasteiger charge is -2.18. The molecule has 138 valence electrons. The van der Waals surface area contributed by atoms with Crippen LogP contribution >= 0.6 is 0 Å². The van der Waals surface area contributed by atoms with Crippen molar-refractivity contribution in [2.75, 3.05) is 18.5 Å². The number of ether oxygens (including phenoxy) is 2. The molecule has 3 aromatic rings. The van der Waals surface area contributed by atoms with Gasteiger partial charge in [-0.3, -0.25) is 9.78 Å². The SMILES string of the molecule is Cc1cc(NC(=O)CCCc2ccc3c(c2)OCCO3)c2ccccc2n1. The van der Waals surface area contributed by atoms with Crippen molar-refractivity contribution in [1.82, 2.24) is 4.98 Å². The molecular weight excluding hydrogens is 340 g/mol. The molecule has 0 aliphatic carbocycles. The number of hydrogen-bond acceptors (Lipinski definition) is 4. The van der Waals surface area contributed by atoms with Crippen molar-refractivity contribution in [1.29, 1.82) is 0 Å². The molecule has 0 radical (unpaired) electrons. The Kier molecular flexibility index (Phi) is 4.92. The molecule has 0 fully saturated rings. The highest BCUT2D eigenvalue weighted by atomic mass is 16.6. The van der Waals surface area contributed by atoms with Gasteiger partial charge in [0.2, 0.25) is 5.91 Å². The third-order valence-electron chi connectivity index (χ3n) is 4.59. The maximum atomic E-state index is 12.4. The molecule has 1 aliphatic heterocycles. The number of para-hydroxylation sites is 1. The second-order valence-corrected chi connectivity index (χ2v) is 6.71. The first-order valence-electron chi connectivity index (χ1n) is 9.24. The molecule has 27 heavy (non-hydrogen) atoms. The lowest BCUT2D eigenvalue weighted by molar-refractivity contribution is -0.116. The fourth-order valence-electron chi connectivity index (χ4n) is 3.32. The van der Waals surface area contributed by atoms with Gasteiger partial charge in [0.1, 0.15) is 13.2 Å². The number of anilines is 1. The number of pyridine rings is 1. The Balaban J connectivity index is 1.37. The van der Waals surface area contributed by atoms with Gasteiger partial charge >= 0.3 is 0 Å². The predicted molar refractivity (Wildman–Crippen MR) is 105 cm³/mol. The summed E-state index contributed by atoms with van der Waals surface area (Å²) in [5.74, 6) is 1.60. The fraction of sp³-hybridized carbons (Fsp3) is 0.273. The number of benzene rings is 2. The zero-order valence-corrected chi connectivity index (χ0v) is 15.3. The Bertz CT molecular complexity index is 984. The lowest BCUT2D eigenvalue weighted by Crippen LogP contribution is -2.15. The quantitative estimate of drug-likeness (QED) is 0.736. The minimum Gasteiger partial charge on any atom is -0.486 e. The van der Waals surface area contributed by atoms with Crippen molar-refractivity contribution in [2.45, 2.75) is 26.2 Å². The molecule has 2 heterocycles. The van der Waals surface area contributed by atoms with Gasteiger partial charge in [0.25, 0.3) is 0 Å². The van der Waals surface area contributed by atoms with Crippen LogP contribution in [0.5, 0.6) is 11.5 Å². The van der Waals surface area contributed by atoms with Crippen molar-refractivity contribution in [3.63, 3.8) is 0 Å². The van der Waals surface area contributed by atoms with E-state index in [0.717, 1.165) is 52.2 Å². The number of rotatable bonds is 5. The molecule has 0 saturated carbocycles. The molecule has 4 rings (SSSR count). The number of carbonyl (C=O) groups excluding carboxylic acids is 1. The zero-order chi connectivity index (χ0) is 18.6. The Morgan fingerprint density at radius 2 is 1.89 bits per heavy atom. The summed E-state index contributed by atoms with van der Waals surface area (Å²) in [6, 6.07) is 15.7. The van der Waals surface area contributed by atoms with Crippen molar-refractivity contribution < 1.29 is 14.3 Å². The lowest BCUT2D eigenvalue weighted by atomic mass is 10.1. The van der Waals surface area contributed by atoms with E-state index in [0.29, 0.717) is 19.6 Å². The van der Waals surface area contributed by atoms with Gasteiger partial charge in [-0.05, 0) is 49.6 Å². The monoisotopic (exact) mass is 362 g/mol. The van der Waals surface area contributed by atoms with E-state index in [1.165, 1.54) is 0 Å². The molecule has 0 saturated heterocycles. The summed E-state index contributed by atoms with van der Waals surface area (Å²) in [6.07, 6.45) is 2.05. The van der Waals surface area contributed by atoms with Crippen LogP contribution in [-0.2, 0) is 11.2 Å². The molecule has 5 heteroatoms. The molecule has 1 amide bonds. The number of aromatic nitrogens is 1. The summed E-state index contributed by atoms with van der Waals surface area (Å²) in [5.41, 5.74) is 3.75. The van der Waals surface area contributed by atoms with Gasteiger partial charge in [-0.15, -0.1) is 0 Å². The van der Waals surface area contributed by atoms with E-state index in [-0.39, 0.29) is 5.91 Å². The first-order chi connectivity index (χ1) is 13.2. The van der Waals surface area contributed by atoms with Crippen LogP contribution in [0, 0.1) is 6.92 Å². The average molecular weight is 362 g/mol. The van der Waals surface area contributed by atoms with E-state index in [9.17, 15) is 4.79 Å². The Labute approximate surface area is 158 Å². The molecule has 0 atom stereocenters. The highest BCUT2D eigenvalue weighted by molar-refractivity contribution is 6.00. The van der Waals surface area contributed by atoms with Gasteiger partial charge in [-0.25, -0.2) is 0 Å². The van der Waals surface area contributed by atoms with Gasteiger partial charge < -0.3 is 14.8 Å². The Morgan fingerprint density at radius 3 is 2.78 bits per heavy atom. The topological polar surface area (TPSA) is 60.5 Å². The molecule has 2 aromatic carbocycles. The molecule has 5 nitrogen and oxygen atoms in total. The van der Waals surface area contributed by atoms with Gasteiger partial charge in [0.05, 0.1) is 11.2 Å². The smallest absolute Gasteiger partial charge is 0.224 e. The van der Waals surface area contributed by atoms with E-state index in [4.69, 9.17) is 9.47 Å². The maximum absolute atomic E-state index is 12.4. The number of nitrogens with one attached hydrogen (secondary N) is 1. The second kappa shape index (κ2) is 7.66. The normalized spacial score (nSPS) is 12.8. The summed E-state index contributed by atoms with van der Waals surface area (Å²) in [5, 5.41) is 4.00. The van der Waals surface area contributed by atoms with Gasteiger partial charge in [-0.2, -0.15) is 0 Å². The van der Waals surface area contributed by atoms with Crippen LogP contribution in [0.1, 0.15) is 24.1 Å². The first kappa shape index (κ1) is 17.3. The minimum atomic E-state index is 0.0169. The van der Waals surface area contributed by atoms with Crippen molar-refractivity contribution >= 4 is 22.5 Å². The third kappa shape index (κ3) is 4.03. The summed E-state index contributed by atoms with van der Waals surface area (Å²) in [6.45, 7) is 3.11. The molecule has 1 N–H and O–H groups in total. The summed E-state index contributed by atoms with van der Waals surface area (Å²) in [7, 11) is 0. The first-order valence-corrected chi connectivity index (χ1v) is 9.24. The summed E-state index contributed by atoms with van der Waals surface area (Å²) in [4.78, 5) is 16.9. The van der Waals surface area contributed by atoms with Crippen LogP contribution in [0.25, 0.3) is 10.9 Å². The van der Waals surface area contributed by atoms with Crippen LogP contribution in [0.15, 0.2) is 48.5 Å². The molecular formula is C22H22N2O3. The number of aryl methyl sites for hydroxylation is 2. The van der Waals surface area contributed by atoms with E-state index < -0.39 is 0 Å². The molecule has 0 unspecified atom stereocenters. The molecule has 1 aromatic heterocycles. The van der Waals surface area contributed by atoms with E-state index in [1.807, 2.05) is 55.5 Å². The number of fused-ring (bicyclic) bond motifs is 2. The number of amides is 1. The second-order valence-electron chi connectivity index (χ2n) is 6.71. The molecule has 0 bridgehead atoms. The zero-order valence-electron chi connectivity index (χ0n) is 15.3. The summed E-state index contributed by atoms with van der Waals surface area (Å²) < 4.78 is 11.2. The molecule has 0 spiro atoms. The Hall–Kier alpha value is -3.08. The van der Waals surface area contributed by atoms with E-state index in [2.05, 4.69) is 10.3 Å². The van der Waals surface area contributed by atoms with Gasteiger partial charge in [-0.1, -0.05) is 24.3 Å². The minimum absolute atomic E-state index is 0.0169. The average Bonchev–Trinajstić information content (AvgIpc) is 2.68.